The summed E-state index contributed by atoms with van der Waals surface area (Å²) in [5.74, 6) is 0.462. The lowest BCUT2D eigenvalue weighted by Gasteiger charge is -2.31. The third kappa shape index (κ3) is 3.19. The fourth-order valence-electron chi connectivity index (χ4n) is 3.76. The minimum absolute atomic E-state index is 0.0405. The highest BCUT2D eigenvalue weighted by molar-refractivity contribution is 7.79. The molecule has 2 aromatic carbocycles. The molecule has 0 heterocycles. The Kier molecular flexibility index (Phi) is 4.82. The van der Waals surface area contributed by atoms with Gasteiger partial charge in [0.15, 0.2) is 0 Å². The van der Waals surface area contributed by atoms with Gasteiger partial charge in [-0.15, -0.1) is 0 Å². The van der Waals surface area contributed by atoms with Crippen LogP contribution < -0.4 is 10.6 Å². The van der Waals surface area contributed by atoms with Gasteiger partial charge in [-0.3, -0.25) is 4.79 Å². The van der Waals surface area contributed by atoms with Gasteiger partial charge in [0, 0.05) is 29.1 Å². The van der Waals surface area contributed by atoms with Gasteiger partial charge in [-0.2, -0.15) is 0 Å². The average Bonchev–Trinajstić information content (AvgIpc) is 2.76. The number of benzene rings is 2. The molecule has 1 fully saturated rings. The predicted octanol–water partition coefficient (Wildman–Crippen LogP) is 4.15. The molecule has 0 bridgehead atoms. The Balaban J connectivity index is 2.13. The molecule has 3 heteroatoms. The van der Waals surface area contributed by atoms with Crippen molar-refractivity contribution in [3.8, 4) is 0 Å². The zero-order valence-electron chi connectivity index (χ0n) is 13.5. The van der Waals surface area contributed by atoms with E-state index < -0.39 is 7.14 Å². The summed E-state index contributed by atoms with van der Waals surface area (Å²) >= 11 is 0. The van der Waals surface area contributed by atoms with Gasteiger partial charge in [-0.25, -0.2) is 0 Å². The molecule has 2 nitrogen and oxygen atoms in total. The summed E-state index contributed by atoms with van der Waals surface area (Å²) in [6.45, 7) is 2.09. The third-order valence-corrected chi connectivity index (χ3v) is 8.74. The van der Waals surface area contributed by atoms with Crippen LogP contribution in [0.2, 0.25) is 0 Å². The van der Waals surface area contributed by atoms with Gasteiger partial charge in [0.1, 0.15) is 12.9 Å². The van der Waals surface area contributed by atoms with Crippen molar-refractivity contribution in [2.45, 2.75) is 38.3 Å². The molecule has 1 aliphatic rings. The molecule has 2 aromatic rings. The molecule has 2 atom stereocenters. The Labute approximate surface area is 138 Å². The van der Waals surface area contributed by atoms with Gasteiger partial charge in [-0.1, -0.05) is 67.6 Å². The SMILES string of the molecule is C[C@@H]1CC(=O)CCC[C@H]1P(=O)(c1ccccc1)c1ccccc1. The van der Waals surface area contributed by atoms with E-state index in [0.29, 0.717) is 18.6 Å². The first-order valence-corrected chi connectivity index (χ1v) is 10.1. The van der Waals surface area contributed by atoms with E-state index in [9.17, 15) is 9.36 Å². The van der Waals surface area contributed by atoms with Crippen LogP contribution in [0.3, 0.4) is 0 Å². The lowest BCUT2D eigenvalue weighted by atomic mass is 10.0. The highest BCUT2D eigenvalue weighted by atomic mass is 31.2. The largest absolute Gasteiger partial charge is 0.313 e. The number of ketones is 1. The van der Waals surface area contributed by atoms with Gasteiger partial charge < -0.3 is 4.57 Å². The first-order chi connectivity index (χ1) is 11.1. The van der Waals surface area contributed by atoms with Crippen LogP contribution in [0.25, 0.3) is 0 Å². The normalized spacial score (nSPS) is 22.6. The molecule has 120 valence electrons. The standard InChI is InChI=1S/C20H23O2P/c1-16-15-17(21)9-8-14-20(16)23(22,18-10-4-2-5-11-18)19-12-6-3-7-13-19/h2-7,10-13,16,20H,8-9,14-15H2,1H3/t16-,20-/m1/s1. The molecule has 1 aliphatic carbocycles. The molecule has 0 aromatic heterocycles. The summed E-state index contributed by atoms with van der Waals surface area (Å²) in [5, 5.41) is 1.83. The molecule has 0 N–H and O–H groups in total. The van der Waals surface area contributed by atoms with Crippen molar-refractivity contribution in [2.24, 2.45) is 5.92 Å². The van der Waals surface area contributed by atoms with Gasteiger partial charge >= 0.3 is 0 Å². The van der Waals surface area contributed by atoms with Crippen molar-refractivity contribution in [1.29, 1.82) is 0 Å². The molecule has 0 radical (unpaired) electrons. The molecule has 0 amide bonds. The van der Waals surface area contributed by atoms with Crippen LogP contribution in [-0.2, 0) is 9.36 Å². The number of rotatable bonds is 3. The molecule has 0 saturated heterocycles. The minimum Gasteiger partial charge on any atom is -0.313 e. The first kappa shape index (κ1) is 16.2. The Morgan fingerprint density at radius 3 is 1.96 bits per heavy atom. The Morgan fingerprint density at radius 2 is 1.43 bits per heavy atom. The van der Waals surface area contributed by atoms with Gasteiger partial charge in [0.2, 0.25) is 0 Å². The lowest BCUT2D eigenvalue weighted by Crippen LogP contribution is -2.30. The maximum atomic E-state index is 14.3. The second kappa shape index (κ2) is 6.84. The number of carbonyl (C=O) groups is 1. The minimum atomic E-state index is -2.76. The first-order valence-electron chi connectivity index (χ1n) is 8.35. The van der Waals surface area contributed by atoms with Crippen LogP contribution in [0.15, 0.2) is 60.7 Å². The van der Waals surface area contributed by atoms with E-state index in [-0.39, 0.29) is 11.6 Å². The summed E-state index contributed by atoms with van der Waals surface area (Å²) < 4.78 is 14.3. The maximum Gasteiger partial charge on any atom is 0.146 e. The maximum absolute atomic E-state index is 14.3. The van der Waals surface area contributed by atoms with Gasteiger partial charge in [-0.05, 0) is 18.8 Å². The molecule has 3 rings (SSSR count). The number of carbonyl (C=O) groups excluding carboxylic acids is 1. The molecule has 0 unspecified atom stereocenters. The predicted molar refractivity (Wildman–Crippen MR) is 96.2 cm³/mol. The highest BCUT2D eigenvalue weighted by Crippen LogP contribution is 2.54. The van der Waals surface area contributed by atoms with Gasteiger partial charge in [0.25, 0.3) is 0 Å². The zero-order valence-corrected chi connectivity index (χ0v) is 14.4. The number of Topliss-reactive ketones (excluding diaryl/α,β-unsaturated/α-hetero) is 1. The summed E-state index contributed by atoms with van der Waals surface area (Å²) in [7, 11) is -2.76. The van der Waals surface area contributed by atoms with Crippen LogP contribution in [0.5, 0.6) is 0 Å². The molecular weight excluding hydrogens is 303 g/mol. The Bertz CT molecular complexity index is 665. The van der Waals surface area contributed by atoms with Crippen molar-refractivity contribution in [3.63, 3.8) is 0 Å². The second-order valence-corrected chi connectivity index (χ2v) is 9.52. The van der Waals surface area contributed by atoms with E-state index in [1.165, 1.54) is 0 Å². The Hall–Kier alpha value is -1.66. The molecule has 1 saturated carbocycles. The van der Waals surface area contributed by atoms with E-state index in [1.807, 2.05) is 60.7 Å². The van der Waals surface area contributed by atoms with Crippen LogP contribution in [0.1, 0.15) is 32.6 Å². The van der Waals surface area contributed by atoms with Crippen LogP contribution >= 0.6 is 7.14 Å². The molecule has 0 aliphatic heterocycles. The summed E-state index contributed by atoms with van der Waals surface area (Å²) in [4.78, 5) is 11.9. The van der Waals surface area contributed by atoms with Crippen LogP contribution in [0.4, 0.5) is 0 Å². The van der Waals surface area contributed by atoms with Crippen molar-refractivity contribution in [1.82, 2.24) is 0 Å². The van der Waals surface area contributed by atoms with Crippen LogP contribution in [0, 0.1) is 5.92 Å². The van der Waals surface area contributed by atoms with Gasteiger partial charge in [0.05, 0.1) is 0 Å². The fraction of sp³-hybridized carbons (Fsp3) is 0.350. The van der Waals surface area contributed by atoms with Crippen molar-refractivity contribution >= 4 is 23.5 Å². The van der Waals surface area contributed by atoms with Crippen molar-refractivity contribution < 1.29 is 9.36 Å². The molecular formula is C20H23O2P. The smallest absolute Gasteiger partial charge is 0.146 e. The Morgan fingerprint density at radius 1 is 0.913 bits per heavy atom. The quantitative estimate of drug-likeness (QED) is 0.627. The summed E-state index contributed by atoms with van der Waals surface area (Å²) in [6, 6.07) is 19.7. The monoisotopic (exact) mass is 326 g/mol. The fourth-order valence-corrected chi connectivity index (χ4v) is 7.42. The third-order valence-electron chi connectivity index (χ3n) is 4.91. The van der Waals surface area contributed by atoms with E-state index >= 15 is 0 Å². The summed E-state index contributed by atoms with van der Waals surface area (Å²) in [5.41, 5.74) is 0.0405. The topological polar surface area (TPSA) is 34.1 Å². The molecule has 0 spiro atoms. The van der Waals surface area contributed by atoms with E-state index in [4.69, 9.17) is 0 Å². The molecule has 23 heavy (non-hydrogen) atoms. The van der Waals surface area contributed by atoms with Crippen molar-refractivity contribution in [3.05, 3.63) is 60.7 Å². The van der Waals surface area contributed by atoms with E-state index in [0.717, 1.165) is 23.5 Å². The number of hydrogen-bond acceptors (Lipinski definition) is 2. The zero-order chi connectivity index (χ0) is 16.3. The summed E-state index contributed by atoms with van der Waals surface area (Å²) in [6.07, 6.45) is 2.88. The van der Waals surface area contributed by atoms with Crippen LogP contribution in [-0.4, -0.2) is 11.4 Å². The second-order valence-electron chi connectivity index (χ2n) is 6.51. The average molecular weight is 326 g/mol. The van der Waals surface area contributed by atoms with E-state index in [1.54, 1.807) is 0 Å². The highest BCUT2D eigenvalue weighted by Gasteiger charge is 2.40. The number of hydrogen-bond donors (Lipinski definition) is 0. The van der Waals surface area contributed by atoms with Crippen molar-refractivity contribution in [2.75, 3.05) is 0 Å². The lowest BCUT2D eigenvalue weighted by molar-refractivity contribution is -0.119. The van der Waals surface area contributed by atoms with E-state index in [2.05, 4.69) is 6.92 Å².